The SMILES string of the molecule is CCCCC1=[C-]CC=C1C.[Cl][Ti][Cl].c1ccc2[cH-]c(P(C3CCCCC3)C3CCCCC3)cc2c1. The average molecular weight is 565 g/mol. The van der Waals surface area contributed by atoms with Crippen LogP contribution in [-0.4, -0.2) is 11.3 Å². The van der Waals surface area contributed by atoms with Crippen LogP contribution in [0.2, 0.25) is 0 Å². The van der Waals surface area contributed by atoms with Crippen LogP contribution in [0.15, 0.2) is 53.6 Å². The van der Waals surface area contributed by atoms with Crippen molar-refractivity contribution in [2.45, 2.75) is 115 Å². The number of hydrogen-bond donors (Lipinski definition) is 0. The second kappa shape index (κ2) is 16.8. The van der Waals surface area contributed by atoms with Crippen molar-refractivity contribution in [2.24, 2.45) is 0 Å². The topological polar surface area (TPSA) is 0 Å². The molecule has 5 rings (SSSR count). The van der Waals surface area contributed by atoms with E-state index in [-0.39, 0.29) is 7.92 Å². The molecule has 192 valence electrons. The predicted octanol–water partition coefficient (Wildman–Crippen LogP) is 11.0. The van der Waals surface area contributed by atoms with Gasteiger partial charge in [-0.2, -0.15) is 12.1 Å². The maximum Gasteiger partial charge on any atom is -0.0181 e. The molecule has 0 aromatic heterocycles. The first kappa shape index (κ1) is 29.6. The van der Waals surface area contributed by atoms with Gasteiger partial charge in [-0.3, -0.25) is 6.08 Å². The van der Waals surface area contributed by atoms with Gasteiger partial charge in [-0.05, 0) is 37.0 Å². The van der Waals surface area contributed by atoms with Gasteiger partial charge < -0.3 is 0 Å². The summed E-state index contributed by atoms with van der Waals surface area (Å²) in [5.41, 5.74) is 4.95. The normalized spacial score (nSPS) is 18.9. The minimum absolute atomic E-state index is 0.0611. The van der Waals surface area contributed by atoms with Crippen molar-refractivity contribution in [3.63, 3.8) is 0 Å². The van der Waals surface area contributed by atoms with Gasteiger partial charge >= 0.3 is 35.6 Å². The molecular weight excluding hydrogens is 522 g/mol. The summed E-state index contributed by atoms with van der Waals surface area (Å²) in [7, 11) is 9.84. The molecule has 0 N–H and O–H groups in total. The third kappa shape index (κ3) is 9.38. The zero-order valence-electron chi connectivity index (χ0n) is 21.8. The second-order valence-electron chi connectivity index (χ2n) is 10.3. The summed E-state index contributed by atoms with van der Waals surface area (Å²) in [6.45, 7) is 4.42. The molecule has 0 atom stereocenters. The van der Waals surface area contributed by atoms with Gasteiger partial charge in [-0.1, -0.05) is 78.7 Å². The molecule has 0 bridgehead atoms. The van der Waals surface area contributed by atoms with E-state index in [4.69, 9.17) is 18.6 Å². The van der Waals surface area contributed by atoms with E-state index in [1.165, 1.54) is 105 Å². The van der Waals surface area contributed by atoms with Crippen molar-refractivity contribution < 1.29 is 17.0 Å². The van der Waals surface area contributed by atoms with Crippen LogP contribution in [-0.2, 0) is 17.0 Å². The van der Waals surface area contributed by atoms with Crippen LogP contribution in [0.25, 0.3) is 10.8 Å². The monoisotopic (exact) mass is 564 g/mol. The van der Waals surface area contributed by atoms with E-state index < -0.39 is 17.0 Å². The Hall–Kier alpha value is 0.0343. The number of benzene rings is 1. The van der Waals surface area contributed by atoms with Gasteiger partial charge in [0.15, 0.2) is 0 Å². The van der Waals surface area contributed by atoms with Gasteiger partial charge in [0.1, 0.15) is 0 Å². The van der Waals surface area contributed by atoms with Crippen LogP contribution in [0.5, 0.6) is 0 Å². The molecule has 0 saturated heterocycles. The first-order valence-electron chi connectivity index (χ1n) is 13.8. The van der Waals surface area contributed by atoms with Crippen LogP contribution in [0.1, 0.15) is 104 Å². The quantitative estimate of drug-likeness (QED) is 0.186. The minimum Gasteiger partial charge on any atom is -0.161 e. The van der Waals surface area contributed by atoms with Crippen LogP contribution in [0, 0.1) is 6.08 Å². The van der Waals surface area contributed by atoms with E-state index in [1.54, 1.807) is 5.30 Å². The summed E-state index contributed by atoms with van der Waals surface area (Å²) in [6.07, 6.45) is 25.4. The molecule has 0 radical (unpaired) electrons. The van der Waals surface area contributed by atoms with E-state index in [1.807, 2.05) is 0 Å². The smallest absolute Gasteiger partial charge is 0.0181 e. The van der Waals surface area contributed by atoms with E-state index in [2.05, 4.69) is 62.4 Å². The maximum absolute atomic E-state index is 4.89. The Morgan fingerprint density at radius 3 is 2.09 bits per heavy atom. The predicted molar refractivity (Wildman–Crippen MR) is 156 cm³/mol. The average Bonchev–Trinajstić information content (AvgIpc) is 3.51. The summed E-state index contributed by atoms with van der Waals surface area (Å²) >= 11 is -0.556. The van der Waals surface area contributed by atoms with Crippen LogP contribution >= 0.6 is 26.5 Å². The molecule has 0 aliphatic heterocycles. The van der Waals surface area contributed by atoms with Crippen LogP contribution < -0.4 is 5.30 Å². The Kier molecular flexibility index (Phi) is 14.2. The molecular formula is C31H43Cl2PTi-2. The Labute approximate surface area is 233 Å². The zero-order valence-corrected chi connectivity index (χ0v) is 25.8. The van der Waals surface area contributed by atoms with Crippen molar-refractivity contribution in [3.05, 3.63) is 59.7 Å². The summed E-state index contributed by atoms with van der Waals surface area (Å²) in [6, 6.07) is 14.1. The molecule has 3 aliphatic rings. The first-order chi connectivity index (χ1) is 17.2. The number of fused-ring (bicyclic) bond motifs is 1. The number of rotatable bonds is 6. The third-order valence-electron chi connectivity index (χ3n) is 7.82. The second-order valence-corrected chi connectivity index (χ2v) is 15.6. The molecule has 3 aliphatic carbocycles. The van der Waals surface area contributed by atoms with E-state index in [9.17, 15) is 0 Å². The van der Waals surface area contributed by atoms with Crippen molar-refractivity contribution in [1.82, 2.24) is 0 Å². The zero-order chi connectivity index (χ0) is 24.9. The Morgan fingerprint density at radius 2 is 1.57 bits per heavy atom. The summed E-state index contributed by atoms with van der Waals surface area (Å²) < 4.78 is 0. The summed E-state index contributed by atoms with van der Waals surface area (Å²) in [5.74, 6) is 0. The van der Waals surface area contributed by atoms with Crippen LogP contribution in [0.4, 0.5) is 0 Å². The third-order valence-corrected chi connectivity index (χ3v) is 11.3. The molecule has 0 nitrogen and oxygen atoms in total. The molecule has 2 aromatic rings. The molecule has 0 amide bonds. The number of halogens is 2. The van der Waals surface area contributed by atoms with E-state index >= 15 is 0 Å². The van der Waals surface area contributed by atoms with Crippen molar-refractivity contribution in [3.8, 4) is 0 Å². The standard InChI is InChI=1S/C21H28P.C10H15.2ClH.Ti/c1-3-11-19(12-4-1)22(20-13-5-2-6-14-20)21-15-17-9-7-8-10-18(17)16-21;1-3-4-7-10-8-5-6-9(10)2;;;/h7-10,15-16,19-20H,1-6,11-14H2;6H,3-5,7H2,1-2H3;2*1H;/q2*-1;;;+2/p-2. The van der Waals surface area contributed by atoms with Crippen molar-refractivity contribution >= 4 is 42.6 Å². The van der Waals surface area contributed by atoms with Gasteiger partial charge in [0.05, 0.1) is 0 Å². The Morgan fingerprint density at radius 1 is 0.971 bits per heavy atom. The first-order valence-corrected chi connectivity index (χ1v) is 19.6. The van der Waals surface area contributed by atoms with Crippen LogP contribution in [0.3, 0.4) is 0 Å². The molecule has 2 aromatic carbocycles. The van der Waals surface area contributed by atoms with Gasteiger partial charge in [0.2, 0.25) is 0 Å². The minimum atomic E-state index is -0.556. The molecule has 4 heteroatoms. The van der Waals surface area contributed by atoms with Gasteiger partial charge in [-0.15, -0.1) is 53.7 Å². The molecule has 0 heterocycles. The fourth-order valence-electron chi connectivity index (χ4n) is 5.95. The van der Waals surface area contributed by atoms with E-state index in [0.717, 1.165) is 17.7 Å². The number of hydrogen-bond acceptors (Lipinski definition) is 0. The fourth-order valence-corrected chi connectivity index (χ4v) is 9.81. The number of allylic oxidation sites excluding steroid dienone is 4. The Bertz CT molecular complexity index is 868. The molecule has 2 saturated carbocycles. The van der Waals surface area contributed by atoms with E-state index in [0.29, 0.717) is 0 Å². The van der Waals surface area contributed by atoms with Crippen molar-refractivity contribution in [1.29, 1.82) is 0 Å². The van der Waals surface area contributed by atoms with Crippen molar-refractivity contribution in [2.75, 3.05) is 0 Å². The number of unbranched alkanes of at least 4 members (excludes halogenated alkanes) is 1. The molecule has 0 unspecified atom stereocenters. The van der Waals surface area contributed by atoms with Gasteiger partial charge in [0, 0.05) is 0 Å². The molecule has 2 fully saturated rings. The summed E-state index contributed by atoms with van der Waals surface area (Å²) in [4.78, 5) is 0. The fraction of sp³-hybridized carbons (Fsp3) is 0.581. The largest absolute Gasteiger partial charge is 0.161 e. The summed E-state index contributed by atoms with van der Waals surface area (Å²) in [5, 5.41) is 4.67. The van der Waals surface area contributed by atoms with Gasteiger partial charge in [-0.25, -0.2) is 11.1 Å². The molecule has 35 heavy (non-hydrogen) atoms. The van der Waals surface area contributed by atoms with Gasteiger partial charge in [0.25, 0.3) is 0 Å². The maximum atomic E-state index is 4.89. The molecule has 0 spiro atoms. The Balaban J connectivity index is 0.000000221.